The van der Waals surface area contributed by atoms with Crippen LogP contribution in [0.3, 0.4) is 0 Å². The van der Waals surface area contributed by atoms with Crippen molar-refractivity contribution >= 4 is 5.91 Å². The number of pyridine rings is 1. The Labute approximate surface area is 169 Å². The van der Waals surface area contributed by atoms with Crippen molar-refractivity contribution in [3.8, 4) is 22.8 Å². The molecule has 0 saturated heterocycles. The lowest BCUT2D eigenvalue weighted by Crippen LogP contribution is -2.28. The number of carbonyl (C=O) groups is 1. The Kier molecular flexibility index (Phi) is 4.96. The second kappa shape index (κ2) is 7.58. The Morgan fingerprint density at radius 1 is 1.28 bits per heavy atom. The SMILES string of the molecule is Cn1cc(-c2ccc(CNC(=O)COc3cccc4c3OC(C)(C)C4)cn2)cn1. The first-order valence-electron chi connectivity index (χ1n) is 9.54. The highest BCUT2D eigenvalue weighted by molar-refractivity contribution is 5.77. The minimum Gasteiger partial charge on any atom is -0.483 e. The van der Waals surface area contributed by atoms with E-state index >= 15 is 0 Å². The van der Waals surface area contributed by atoms with Gasteiger partial charge in [-0.1, -0.05) is 18.2 Å². The average Bonchev–Trinajstić information content (AvgIpc) is 3.26. The average molecular weight is 392 g/mol. The van der Waals surface area contributed by atoms with Crippen molar-refractivity contribution in [1.82, 2.24) is 20.1 Å². The van der Waals surface area contributed by atoms with Crippen LogP contribution in [0.5, 0.6) is 11.5 Å². The molecule has 4 rings (SSSR count). The second-order valence-electron chi connectivity index (χ2n) is 7.80. The molecule has 0 fully saturated rings. The molecule has 1 aliphatic rings. The van der Waals surface area contributed by atoms with E-state index in [0.29, 0.717) is 12.3 Å². The van der Waals surface area contributed by atoms with Crippen LogP contribution < -0.4 is 14.8 Å². The molecule has 7 heteroatoms. The van der Waals surface area contributed by atoms with Gasteiger partial charge in [0.25, 0.3) is 5.91 Å². The normalized spacial score (nSPS) is 14.2. The Morgan fingerprint density at radius 2 is 2.14 bits per heavy atom. The van der Waals surface area contributed by atoms with Gasteiger partial charge in [0.05, 0.1) is 11.9 Å². The van der Waals surface area contributed by atoms with E-state index in [1.807, 2.05) is 57.4 Å². The Morgan fingerprint density at radius 3 is 2.86 bits per heavy atom. The van der Waals surface area contributed by atoms with Crippen molar-refractivity contribution < 1.29 is 14.3 Å². The van der Waals surface area contributed by atoms with Crippen LogP contribution in [0.4, 0.5) is 0 Å². The third-order valence-corrected chi connectivity index (χ3v) is 4.73. The monoisotopic (exact) mass is 392 g/mol. The summed E-state index contributed by atoms with van der Waals surface area (Å²) in [7, 11) is 1.87. The Balaban J connectivity index is 1.30. The molecule has 0 aliphatic carbocycles. The molecule has 0 spiro atoms. The third kappa shape index (κ3) is 4.39. The van der Waals surface area contributed by atoms with Gasteiger partial charge in [0.1, 0.15) is 5.60 Å². The number of amides is 1. The number of aryl methyl sites for hydroxylation is 1. The fraction of sp³-hybridized carbons (Fsp3) is 0.318. The van der Waals surface area contributed by atoms with Gasteiger partial charge in [0, 0.05) is 43.5 Å². The molecule has 0 unspecified atom stereocenters. The van der Waals surface area contributed by atoms with Gasteiger partial charge in [-0.05, 0) is 31.5 Å². The largest absolute Gasteiger partial charge is 0.483 e. The number of nitrogens with one attached hydrogen (secondary N) is 1. The fourth-order valence-electron chi connectivity index (χ4n) is 3.35. The van der Waals surface area contributed by atoms with E-state index in [9.17, 15) is 4.79 Å². The Bertz CT molecular complexity index is 1020. The molecule has 3 heterocycles. The summed E-state index contributed by atoms with van der Waals surface area (Å²) in [5, 5.41) is 7.00. The summed E-state index contributed by atoms with van der Waals surface area (Å²) in [6, 6.07) is 9.64. The number of hydrogen-bond donors (Lipinski definition) is 1. The fourth-order valence-corrected chi connectivity index (χ4v) is 3.35. The zero-order chi connectivity index (χ0) is 20.4. The molecule has 29 heavy (non-hydrogen) atoms. The van der Waals surface area contributed by atoms with Crippen molar-refractivity contribution in [1.29, 1.82) is 0 Å². The minimum atomic E-state index is -0.251. The highest BCUT2D eigenvalue weighted by Crippen LogP contribution is 2.41. The molecule has 2 aromatic heterocycles. The van der Waals surface area contributed by atoms with Crippen LogP contribution in [0.2, 0.25) is 0 Å². The lowest BCUT2D eigenvalue weighted by Gasteiger charge is -2.18. The number of benzene rings is 1. The van der Waals surface area contributed by atoms with Crippen molar-refractivity contribution in [2.24, 2.45) is 7.05 Å². The lowest BCUT2D eigenvalue weighted by atomic mass is 10.0. The second-order valence-corrected chi connectivity index (χ2v) is 7.80. The van der Waals surface area contributed by atoms with Gasteiger partial charge < -0.3 is 14.8 Å². The molecular formula is C22H24N4O3. The Hall–Kier alpha value is -3.35. The minimum absolute atomic E-state index is 0.0680. The van der Waals surface area contributed by atoms with E-state index in [4.69, 9.17) is 9.47 Å². The molecule has 0 radical (unpaired) electrons. The molecule has 0 atom stereocenters. The number of nitrogens with zero attached hydrogens (tertiary/aromatic N) is 3. The topological polar surface area (TPSA) is 78.3 Å². The van der Waals surface area contributed by atoms with Crippen molar-refractivity contribution in [2.45, 2.75) is 32.4 Å². The first-order chi connectivity index (χ1) is 13.9. The van der Waals surface area contributed by atoms with Crippen LogP contribution in [-0.4, -0.2) is 32.9 Å². The summed E-state index contributed by atoms with van der Waals surface area (Å²) in [6.45, 7) is 4.40. The van der Waals surface area contributed by atoms with E-state index in [0.717, 1.165) is 34.6 Å². The lowest BCUT2D eigenvalue weighted by molar-refractivity contribution is -0.123. The van der Waals surface area contributed by atoms with Gasteiger partial charge >= 0.3 is 0 Å². The first kappa shape index (κ1) is 19.0. The molecule has 150 valence electrons. The van der Waals surface area contributed by atoms with Crippen LogP contribution in [0.25, 0.3) is 11.3 Å². The standard InChI is InChI=1S/C22H24N4O3/c1-22(2)9-16-5-4-6-19(21(16)29-22)28-14-20(27)24-11-15-7-8-18(23-10-15)17-12-25-26(3)13-17/h4-8,10,12-13H,9,11,14H2,1-3H3,(H,24,27). The summed E-state index contributed by atoms with van der Waals surface area (Å²) < 4.78 is 13.4. The molecular weight excluding hydrogens is 368 g/mol. The number of rotatable bonds is 6. The first-order valence-corrected chi connectivity index (χ1v) is 9.54. The van der Waals surface area contributed by atoms with Crippen LogP contribution in [0.1, 0.15) is 25.0 Å². The number of ether oxygens (including phenoxy) is 2. The van der Waals surface area contributed by atoms with Crippen molar-refractivity contribution in [3.63, 3.8) is 0 Å². The van der Waals surface area contributed by atoms with E-state index in [1.165, 1.54) is 0 Å². The van der Waals surface area contributed by atoms with E-state index in [2.05, 4.69) is 15.4 Å². The zero-order valence-electron chi connectivity index (χ0n) is 16.8. The maximum Gasteiger partial charge on any atom is 0.258 e. The predicted octanol–water partition coefficient (Wildman–Crippen LogP) is 2.89. The summed E-state index contributed by atoms with van der Waals surface area (Å²) in [6.07, 6.45) is 6.26. The van der Waals surface area contributed by atoms with Gasteiger partial charge in [-0.25, -0.2) is 0 Å². The van der Waals surface area contributed by atoms with E-state index in [-0.39, 0.29) is 18.1 Å². The van der Waals surface area contributed by atoms with Gasteiger partial charge in [-0.3, -0.25) is 14.5 Å². The third-order valence-electron chi connectivity index (χ3n) is 4.73. The van der Waals surface area contributed by atoms with E-state index in [1.54, 1.807) is 17.1 Å². The van der Waals surface area contributed by atoms with Gasteiger partial charge in [-0.2, -0.15) is 5.10 Å². The molecule has 3 aromatic rings. The summed E-state index contributed by atoms with van der Waals surface area (Å²) in [5.74, 6) is 1.14. The van der Waals surface area contributed by atoms with Gasteiger partial charge in [0.2, 0.25) is 0 Å². The number of aromatic nitrogens is 3. The molecule has 0 saturated carbocycles. The highest BCUT2D eigenvalue weighted by atomic mass is 16.5. The maximum absolute atomic E-state index is 12.2. The quantitative estimate of drug-likeness (QED) is 0.698. The van der Waals surface area contributed by atoms with Crippen LogP contribution >= 0.6 is 0 Å². The number of carbonyl (C=O) groups excluding carboxylic acids is 1. The van der Waals surface area contributed by atoms with Crippen LogP contribution in [0, 0.1) is 0 Å². The van der Waals surface area contributed by atoms with Gasteiger partial charge in [0.15, 0.2) is 18.1 Å². The molecule has 7 nitrogen and oxygen atoms in total. The van der Waals surface area contributed by atoms with Crippen LogP contribution in [0.15, 0.2) is 48.9 Å². The number of para-hydroxylation sites is 1. The molecule has 1 aliphatic heterocycles. The predicted molar refractivity (Wildman–Crippen MR) is 109 cm³/mol. The highest BCUT2D eigenvalue weighted by Gasteiger charge is 2.32. The van der Waals surface area contributed by atoms with Crippen molar-refractivity contribution in [2.75, 3.05) is 6.61 Å². The van der Waals surface area contributed by atoms with Crippen LogP contribution in [-0.2, 0) is 24.8 Å². The zero-order valence-corrected chi connectivity index (χ0v) is 16.8. The molecule has 1 aromatic carbocycles. The van der Waals surface area contributed by atoms with Crippen molar-refractivity contribution in [3.05, 3.63) is 60.0 Å². The summed E-state index contributed by atoms with van der Waals surface area (Å²) in [5.41, 5.74) is 3.57. The maximum atomic E-state index is 12.2. The summed E-state index contributed by atoms with van der Waals surface area (Å²) >= 11 is 0. The number of fused-ring (bicyclic) bond motifs is 1. The molecule has 0 bridgehead atoms. The number of hydrogen-bond acceptors (Lipinski definition) is 5. The van der Waals surface area contributed by atoms with Gasteiger partial charge in [-0.15, -0.1) is 0 Å². The molecule has 1 N–H and O–H groups in total. The summed E-state index contributed by atoms with van der Waals surface area (Å²) in [4.78, 5) is 16.6. The van der Waals surface area contributed by atoms with E-state index < -0.39 is 0 Å². The molecule has 1 amide bonds. The smallest absolute Gasteiger partial charge is 0.258 e.